The van der Waals surface area contributed by atoms with Crippen LogP contribution in [0.1, 0.15) is 37.5 Å². The van der Waals surface area contributed by atoms with Gasteiger partial charge in [-0.1, -0.05) is 18.6 Å². The Morgan fingerprint density at radius 2 is 2.17 bits per heavy atom. The van der Waals surface area contributed by atoms with Crippen LogP contribution >= 0.6 is 0 Å². The number of rotatable bonds is 6. The zero-order chi connectivity index (χ0) is 17.0. The lowest BCUT2D eigenvalue weighted by Crippen LogP contribution is -2.25. The molecule has 0 saturated heterocycles. The van der Waals surface area contributed by atoms with Gasteiger partial charge in [-0.3, -0.25) is 0 Å². The van der Waals surface area contributed by atoms with Crippen LogP contribution in [0.25, 0.3) is 6.08 Å². The molecular weight excluding hydrogens is 292 g/mol. The van der Waals surface area contributed by atoms with Crippen molar-refractivity contribution >= 4 is 12.0 Å². The number of aliphatic hydroxyl groups excluding tert-OH is 1. The first-order valence-electron chi connectivity index (χ1n) is 7.88. The normalized spacial score (nSPS) is 17.7. The van der Waals surface area contributed by atoms with Crippen LogP contribution in [0.4, 0.5) is 0 Å². The van der Waals surface area contributed by atoms with Crippen molar-refractivity contribution in [3.63, 3.8) is 0 Å². The molecule has 0 bridgehead atoms. The Balaban J connectivity index is 2.36. The third-order valence-electron chi connectivity index (χ3n) is 4.03. The van der Waals surface area contributed by atoms with Crippen molar-refractivity contribution in [1.29, 1.82) is 0 Å². The molecule has 2 unspecified atom stereocenters. The molecule has 0 fully saturated rings. The average molecular weight is 316 g/mol. The van der Waals surface area contributed by atoms with Gasteiger partial charge in [-0.15, -0.1) is 0 Å². The molecule has 0 amide bonds. The van der Waals surface area contributed by atoms with Crippen molar-refractivity contribution in [2.24, 2.45) is 5.92 Å². The van der Waals surface area contributed by atoms with Crippen LogP contribution < -0.4 is 4.74 Å². The van der Waals surface area contributed by atoms with Gasteiger partial charge >= 0.3 is 5.97 Å². The Bertz CT molecular complexity index is 639. The lowest BCUT2D eigenvalue weighted by molar-refractivity contribution is -0.131. The molecule has 2 atom stereocenters. The van der Waals surface area contributed by atoms with E-state index in [1.807, 2.05) is 32.9 Å². The summed E-state index contributed by atoms with van der Waals surface area (Å²) in [4.78, 5) is 10.7. The second-order valence-electron chi connectivity index (χ2n) is 6.35. The summed E-state index contributed by atoms with van der Waals surface area (Å²) in [5.74, 6) is -0.00336. The quantitative estimate of drug-likeness (QED) is 0.624. The molecule has 4 nitrogen and oxygen atoms in total. The number of carboxylic acid groups (broad SMARTS) is 1. The van der Waals surface area contributed by atoms with E-state index < -0.39 is 5.97 Å². The molecule has 2 rings (SSSR count). The number of ether oxygens (including phenoxy) is 1. The van der Waals surface area contributed by atoms with Gasteiger partial charge in [0, 0.05) is 25.0 Å². The van der Waals surface area contributed by atoms with E-state index in [4.69, 9.17) is 9.84 Å². The first kappa shape index (κ1) is 17.3. The standard InChI is InChI=1S/C19H24O4/c1-12(2)4-6-15-8-14(5-7-18(21)22)9-16-10-17(13(3)11-20)23-19(15)16/h4-5,7-9,13,17,20H,6,10-11H2,1-3H3,(H,21,22)/b7-5+. The molecule has 0 saturated carbocycles. The molecular formula is C19H24O4. The zero-order valence-corrected chi connectivity index (χ0v) is 13.9. The lowest BCUT2D eigenvalue weighted by atomic mass is 9.96. The summed E-state index contributed by atoms with van der Waals surface area (Å²) in [6.07, 6.45) is 6.35. The highest BCUT2D eigenvalue weighted by Gasteiger charge is 2.29. The molecule has 1 heterocycles. The SMILES string of the molecule is CC(C)=CCc1cc(/C=C/C(=O)O)cc2c1OC(C(C)CO)C2. The minimum absolute atomic E-state index is 0.0286. The van der Waals surface area contributed by atoms with Gasteiger partial charge in [0.2, 0.25) is 0 Å². The lowest BCUT2D eigenvalue weighted by Gasteiger charge is -2.17. The largest absolute Gasteiger partial charge is 0.489 e. The molecule has 1 aliphatic rings. The number of aliphatic hydroxyl groups is 1. The monoisotopic (exact) mass is 316 g/mol. The van der Waals surface area contributed by atoms with E-state index >= 15 is 0 Å². The third kappa shape index (κ3) is 4.45. The first-order chi connectivity index (χ1) is 10.9. The number of fused-ring (bicyclic) bond motifs is 1. The van der Waals surface area contributed by atoms with Crippen LogP contribution in [0.2, 0.25) is 0 Å². The number of allylic oxidation sites excluding steroid dienone is 2. The Labute approximate surface area is 137 Å². The van der Waals surface area contributed by atoms with E-state index in [0.29, 0.717) is 0 Å². The molecule has 1 aromatic rings. The minimum Gasteiger partial charge on any atom is -0.489 e. The van der Waals surface area contributed by atoms with Crippen molar-refractivity contribution < 1.29 is 19.7 Å². The fourth-order valence-corrected chi connectivity index (χ4v) is 2.66. The summed E-state index contributed by atoms with van der Waals surface area (Å²) in [6.45, 7) is 6.16. The maximum absolute atomic E-state index is 10.7. The Morgan fingerprint density at radius 3 is 2.78 bits per heavy atom. The highest BCUT2D eigenvalue weighted by Crippen LogP contribution is 2.37. The molecule has 4 heteroatoms. The van der Waals surface area contributed by atoms with Gasteiger partial charge in [-0.25, -0.2) is 4.79 Å². The van der Waals surface area contributed by atoms with Crippen LogP contribution in [0.5, 0.6) is 5.75 Å². The van der Waals surface area contributed by atoms with E-state index in [0.717, 1.165) is 41.4 Å². The van der Waals surface area contributed by atoms with Crippen LogP contribution in [-0.4, -0.2) is 28.9 Å². The summed E-state index contributed by atoms with van der Waals surface area (Å²) >= 11 is 0. The molecule has 0 spiro atoms. The molecule has 1 aromatic carbocycles. The van der Waals surface area contributed by atoms with Crippen molar-refractivity contribution in [2.75, 3.05) is 6.61 Å². The fraction of sp³-hybridized carbons (Fsp3) is 0.421. The van der Waals surface area contributed by atoms with Gasteiger partial charge in [0.05, 0.1) is 0 Å². The molecule has 0 radical (unpaired) electrons. The second-order valence-corrected chi connectivity index (χ2v) is 6.35. The van der Waals surface area contributed by atoms with Gasteiger partial charge in [0.15, 0.2) is 0 Å². The van der Waals surface area contributed by atoms with Crippen LogP contribution in [0.15, 0.2) is 29.9 Å². The number of aliphatic carboxylic acids is 1. The van der Waals surface area contributed by atoms with Gasteiger partial charge in [-0.2, -0.15) is 0 Å². The molecule has 0 aliphatic carbocycles. The maximum atomic E-state index is 10.7. The van der Waals surface area contributed by atoms with E-state index in [1.165, 1.54) is 5.57 Å². The van der Waals surface area contributed by atoms with Gasteiger partial charge in [0.25, 0.3) is 0 Å². The van der Waals surface area contributed by atoms with E-state index in [1.54, 1.807) is 6.08 Å². The predicted octanol–water partition coefficient (Wildman–Crippen LogP) is 3.23. The molecule has 1 aliphatic heterocycles. The van der Waals surface area contributed by atoms with Crippen molar-refractivity contribution in [1.82, 2.24) is 0 Å². The van der Waals surface area contributed by atoms with Crippen LogP contribution in [-0.2, 0) is 17.6 Å². The summed E-state index contributed by atoms with van der Waals surface area (Å²) in [6, 6.07) is 3.95. The first-order valence-corrected chi connectivity index (χ1v) is 7.88. The molecule has 23 heavy (non-hydrogen) atoms. The van der Waals surface area contributed by atoms with Gasteiger partial charge in [0.1, 0.15) is 11.9 Å². The van der Waals surface area contributed by atoms with Crippen molar-refractivity contribution in [2.45, 2.75) is 39.7 Å². The summed E-state index contributed by atoms with van der Waals surface area (Å²) in [5, 5.41) is 18.2. The van der Waals surface area contributed by atoms with Crippen molar-refractivity contribution in [3.8, 4) is 5.75 Å². The van der Waals surface area contributed by atoms with Crippen LogP contribution in [0.3, 0.4) is 0 Å². The molecule has 0 aromatic heterocycles. The fourth-order valence-electron chi connectivity index (χ4n) is 2.66. The molecule has 124 valence electrons. The number of carbonyl (C=O) groups is 1. The maximum Gasteiger partial charge on any atom is 0.328 e. The Morgan fingerprint density at radius 1 is 1.43 bits per heavy atom. The zero-order valence-electron chi connectivity index (χ0n) is 13.9. The Hall–Kier alpha value is -2.07. The van der Waals surface area contributed by atoms with E-state index in [9.17, 15) is 9.90 Å². The summed E-state index contributed by atoms with van der Waals surface area (Å²) in [5.41, 5.74) is 4.23. The minimum atomic E-state index is -0.959. The number of hydrogen-bond donors (Lipinski definition) is 2. The highest BCUT2D eigenvalue weighted by atomic mass is 16.5. The van der Waals surface area contributed by atoms with Crippen LogP contribution in [0, 0.1) is 5.92 Å². The van der Waals surface area contributed by atoms with Gasteiger partial charge in [-0.05, 0) is 55.2 Å². The Kier molecular flexibility index (Phi) is 5.61. The van der Waals surface area contributed by atoms with E-state index in [2.05, 4.69) is 6.08 Å². The number of benzene rings is 1. The summed E-state index contributed by atoms with van der Waals surface area (Å²) in [7, 11) is 0. The highest BCUT2D eigenvalue weighted by molar-refractivity contribution is 5.85. The summed E-state index contributed by atoms with van der Waals surface area (Å²) < 4.78 is 6.07. The smallest absolute Gasteiger partial charge is 0.328 e. The third-order valence-corrected chi connectivity index (χ3v) is 4.03. The molecule has 2 N–H and O–H groups in total. The number of carboxylic acids is 1. The topological polar surface area (TPSA) is 66.8 Å². The van der Waals surface area contributed by atoms with E-state index in [-0.39, 0.29) is 18.6 Å². The van der Waals surface area contributed by atoms with Gasteiger partial charge < -0.3 is 14.9 Å². The number of hydrogen-bond acceptors (Lipinski definition) is 3. The second kappa shape index (κ2) is 7.47. The predicted molar refractivity (Wildman–Crippen MR) is 90.6 cm³/mol. The van der Waals surface area contributed by atoms with Crippen molar-refractivity contribution in [3.05, 3.63) is 46.5 Å². The average Bonchev–Trinajstić information content (AvgIpc) is 2.93.